The third-order valence-corrected chi connectivity index (χ3v) is 4.53. The highest BCUT2D eigenvalue weighted by Gasteiger charge is 2.28. The van der Waals surface area contributed by atoms with Crippen molar-refractivity contribution in [2.45, 2.75) is 12.5 Å². The smallest absolute Gasteiger partial charge is 0.299 e. The van der Waals surface area contributed by atoms with Gasteiger partial charge in [0.15, 0.2) is 5.65 Å². The minimum atomic E-state index is -2.71. The zero-order chi connectivity index (χ0) is 17.4. The van der Waals surface area contributed by atoms with E-state index < -0.39 is 12.2 Å². The molecule has 25 heavy (non-hydrogen) atoms. The van der Waals surface area contributed by atoms with E-state index in [1.807, 2.05) is 24.3 Å². The molecule has 0 saturated carbocycles. The molecule has 0 N–H and O–H groups in total. The van der Waals surface area contributed by atoms with E-state index in [1.54, 1.807) is 6.07 Å². The summed E-state index contributed by atoms with van der Waals surface area (Å²) in [6.07, 6.45) is -2.71. The highest BCUT2D eigenvalue weighted by atomic mass is 19.3. The van der Waals surface area contributed by atoms with Crippen molar-refractivity contribution < 1.29 is 8.78 Å². The van der Waals surface area contributed by atoms with E-state index in [0.717, 1.165) is 24.1 Å². The second-order valence-corrected chi connectivity index (χ2v) is 6.20. The molecule has 3 aromatic rings. The first kappa shape index (κ1) is 15.9. The van der Waals surface area contributed by atoms with Crippen LogP contribution in [0.5, 0.6) is 0 Å². The topological polar surface area (TPSA) is 49.6 Å². The molecule has 3 heterocycles. The molecule has 1 aliphatic rings. The Kier molecular flexibility index (Phi) is 4.04. The molecule has 8 heteroatoms. The van der Waals surface area contributed by atoms with E-state index in [4.69, 9.17) is 0 Å². The number of likely N-dealkylation sites (N-methyl/N-ethyl adjacent to an activating group) is 1. The van der Waals surface area contributed by atoms with Gasteiger partial charge in [-0.15, -0.1) is 15.3 Å². The molecule has 130 valence electrons. The standard InChI is InChI=1S/C17H18F2N6/c1-23-9-10-24(13(11-23)12-5-3-2-4-6-12)15-8-7-14-20-21-17(16(18)19)25(14)22-15/h2-8,13,16H,9-11H2,1H3. The molecule has 2 aromatic heterocycles. The lowest BCUT2D eigenvalue weighted by molar-refractivity contribution is 0.137. The van der Waals surface area contributed by atoms with Crippen LogP contribution in [-0.4, -0.2) is 51.4 Å². The van der Waals surface area contributed by atoms with Crippen LogP contribution in [0.25, 0.3) is 5.65 Å². The number of hydrogen-bond acceptors (Lipinski definition) is 5. The minimum Gasteiger partial charge on any atom is -0.346 e. The van der Waals surface area contributed by atoms with Crippen LogP contribution in [0.2, 0.25) is 0 Å². The van der Waals surface area contributed by atoms with Gasteiger partial charge >= 0.3 is 0 Å². The normalized spacial score (nSPS) is 19.0. The Morgan fingerprint density at radius 2 is 1.84 bits per heavy atom. The van der Waals surface area contributed by atoms with Crippen LogP contribution in [0.4, 0.5) is 14.6 Å². The number of anilines is 1. The lowest BCUT2D eigenvalue weighted by Gasteiger charge is -2.41. The van der Waals surface area contributed by atoms with Crippen molar-refractivity contribution in [2.75, 3.05) is 31.6 Å². The number of benzene rings is 1. The summed E-state index contributed by atoms with van der Waals surface area (Å²) in [7, 11) is 2.08. The molecule has 0 bridgehead atoms. The van der Waals surface area contributed by atoms with Crippen molar-refractivity contribution in [2.24, 2.45) is 0 Å². The largest absolute Gasteiger partial charge is 0.346 e. The molecule has 0 spiro atoms. The molecule has 1 aromatic carbocycles. The molecular weight excluding hydrogens is 326 g/mol. The minimum absolute atomic E-state index is 0.108. The predicted molar refractivity (Wildman–Crippen MR) is 89.8 cm³/mol. The van der Waals surface area contributed by atoms with Crippen molar-refractivity contribution in [1.82, 2.24) is 24.7 Å². The van der Waals surface area contributed by atoms with Gasteiger partial charge in [-0.05, 0) is 24.7 Å². The first-order valence-corrected chi connectivity index (χ1v) is 8.14. The summed E-state index contributed by atoms with van der Waals surface area (Å²) in [4.78, 5) is 4.42. The van der Waals surface area contributed by atoms with E-state index in [9.17, 15) is 8.78 Å². The van der Waals surface area contributed by atoms with Crippen LogP contribution in [-0.2, 0) is 0 Å². The molecule has 4 rings (SSSR count). The van der Waals surface area contributed by atoms with Crippen molar-refractivity contribution >= 4 is 11.5 Å². The average Bonchev–Trinajstić information content (AvgIpc) is 3.06. The van der Waals surface area contributed by atoms with Gasteiger partial charge in [0.2, 0.25) is 5.82 Å². The van der Waals surface area contributed by atoms with Gasteiger partial charge in [-0.2, -0.15) is 4.52 Å². The molecule has 1 saturated heterocycles. The van der Waals surface area contributed by atoms with E-state index in [1.165, 1.54) is 5.56 Å². The van der Waals surface area contributed by atoms with Gasteiger partial charge in [0.25, 0.3) is 6.43 Å². The molecule has 1 unspecified atom stereocenters. The third-order valence-electron chi connectivity index (χ3n) is 4.53. The SMILES string of the molecule is CN1CCN(c2ccc3nnc(C(F)F)n3n2)C(c2ccccc2)C1. The van der Waals surface area contributed by atoms with Crippen molar-refractivity contribution in [1.29, 1.82) is 0 Å². The highest BCUT2D eigenvalue weighted by Crippen LogP contribution is 2.29. The van der Waals surface area contributed by atoms with Crippen LogP contribution in [0, 0.1) is 0 Å². The fourth-order valence-electron chi connectivity index (χ4n) is 3.24. The Morgan fingerprint density at radius 1 is 1.04 bits per heavy atom. The second kappa shape index (κ2) is 6.36. The van der Waals surface area contributed by atoms with Crippen molar-refractivity contribution in [3.05, 3.63) is 53.9 Å². The van der Waals surface area contributed by atoms with Crippen LogP contribution in [0.3, 0.4) is 0 Å². The average molecular weight is 344 g/mol. The summed E-state index contributed by atoms with van der Waals surface area (Å²) in [5, 5.41) is 11.7. The number of halogens is 2. The Hall–Kier alpha value is -2.61. The number of nitrogens with zero attached hydrogens (tertiary/aromatic N) is 6. The predicted octanol–water partition coefficient (Wildman–Crippen LogP) is 2.56. The number of rotatable bonds is 3. The van der Waals surface area contributed by atoms with Gasteiger partial charge in [-0.3, -0.25) is 0 Å². The monoisotopic (exact) mass is 344 g/mol. The van der Waals surface area contributed by atoms with Crippen LogP contribution in [0.15, 0.2) is 42.5 Å². The number of piperazine rings is 1. The van der Waals surface area contributed by atoms with Crippen molar-refractivity contribution in [3.63, 3.8) is 0 Å². The van der Waals surface area contributed by atoms with E-state index in [2.05, 4.69) is 44.3 Å². The number of aromatic nitrogens is 4. The van der Waals surface area contributed by atoms with Crippen LogP contribution in [0.1, 0.15) is 23.9 Å². The van der Waals surface area contributed by atoms with E-state index >= 15 is 0 Å². The van der Waals surface area contributed by atoms with Gasteiger partial charge in [-0.25, -0.2) is 8.78 Å². The van der Waals surface area contributed by atoms with Gasteiger partial charge in [0.1, 0.15) is 5.82 Å². The van der Waals surface area contributed by atoms with E-state index in [-0.39, 0.29) is 6.04 Å². The van der Waals surface area contributed by atoms with Gasteiger partial charge in [-0.1, -0.05) is 30.3 Å². The second-order valence-electron chi connectivity index (χ2n) is 6.20. The molecular formula is C17H18F2N6. The molecule has 6 nitrogen and oxygen atoms in total. The summed E-state index contributed by atoms with van der Waals surface area (Å²) in [5.41, 5.74) is 1.50. The van der Waals surface area contributed by atoms with Crippen LogP contribution < -0.4 is 4.90 Å². The fourth-order valence-corrected chi connectivity index (χ4v) is 3.24. The fraction of sp³-hybridized carbons (Fsp3) is 0.353. The maximum absolute atomic E-state index is 13.1. The zero-order valence-electron chi connectivity index (χ0n) is 13.8. The lowest BCUT2D eigenvalue weighted by atomic mass is 10.0. The molecule has 0 amide bonds. The van der Waals surface area contributed by atoms with Gasteiger partial charge in [0.05, 0.1) is 6.04 Å². The summed E-state index contributed by atoms with van der Waals surface area (Å²) in [6, 6.07) is 13.8. The summed E-state index contributed by atoms with van der Waals surface area (Å²) in [6.45, 7) is 2.49. The summed E-state index contributed by atoms with van der Waals surface area (Å²) < 4.78 is 27.4. The quantitative estimate of drug-likeness (QED) is 0.731. The number of fused-ring (bicyclic) bond motifs is 1. The molecule has 1 aliphatic heterocycles. The number of hydrogen-bond donors (Lipinski definition) is 0. The molecule has 0 aliphatic carbocycles. The third kappa shape index (κ3) is 2.93. The molecule has 1 fully saturated rings. The summed E-state index contributed by atoms with van der Waals surface area (Å²) in [5.74, 6) is 0.221. The molecule has 1 atom stereocenters. The summed E-state index contributed by atoms with van der Waals surface area (Å²) >= 11 is 0. The highest BCUT2D eigenvalue weighted by molar-refractivity contribution is 5.48. The van der Waals surface area contributed by atoms with E-state index in [0.29, 0.717) is 11.5 Å². The van der Waals surface area contributed by atoms with Gasteiger partial charge in [0, 0.05) is 19.6 Å². The van der Waals surface area contributed by atoms with Crippen LogP contribution >= 0.6 is 0 Å². The Balaban J connectivity index is 1.75. The maximum Gasteiger partial charge on any atom is 0.299 e. The zero-order valence-corrected chi connectivity index (χ0v) is 13.8. The van der Waals surface area contributed by atoms with Gasteiger partial charge < -0.3 is 9.80 Å². The molecule has 0 radical (unpaired) electrons. The Morgan fingerprint density at radius 3 is 2.60 bits per heavy atom. The first-order valence-electron chi connectivity index (χ1n) is 8.14. The Labute approximate surface area is 143 Å². The first-order chi connectivity index (χ1) is 12.1. The van der Waals surface area contributed by atoms with Crippen molar-refractivity contribution in [3.8, 4) is 0 Å². The Bertz CT molecular complexity index is 866. The maximum atomic E-state index is 13.1. The lowest BCUT2D eigenvalue weighted by Crippen LogP contribution is -2.47. The number of alkyl halides is 2.